The summed E-state index contributed by atoms with van der Waals surface area (Å²) in [4.78, 5) is 7.35. The van der Waals surface area contributed by atoms with Crippen molar-refractivity contribution in [2.45, 2.75) is 50.3 Å². The standard InChI is InChI=1S/C18H23N3S.BrH/c19-13-15-7-9-16(10-8-15)14-22-18-20-11-4-12-21(18)17-5-2-1-3-6-17;/h7-10,17H,1-6,11-12,14H2;1H. The quantitative estimate of drug-likeness (QED) is 0.742. The number of halogens is 1. The van der Waals surface area contributed by atoms with Crippen molar-refractivity contribution in [2.24, 2.45) is 4.99 Å². The molecule has 3 rings (SSSR count). The lowest BCUT2D eigenvalue weighted by Crippen LogP contribution is -2.43. The van der Waals surface area contributed by atoms with Crippen molar-refractivity contribution in [2.75, 3.05) is 13.1 Å². The fraction of sp³-hybridized carbons (Fsp3) is 0.556. The van der Waals surface area contributed by atoms with Gasteiger partial charge in [0.05, 0.1) is 11.6 Å². The predicted molar refractivity (Wildman–Crippen MR) is 103 cm³/mol. The van der Waals surface area contributed by atoms with Crippen LogP contribution in [0.1, 0.15) is 49.7 Å². The number of hydrogen-bond acceptors (Lipinski definition) is 4. The number of nitrogens with zero attached hydrogens (tertiary/aromatic N) is 3. The lowest BCUT2D eigenvalue weighted by atomic mass is 9.94. The Hall–Kier alpha value is -0.990. The van der Waals surface area contributed by atoms with Gasteiger partial charge in [0.15, 0.2) is 5.17 Å². The van der Waals surface area contributed by atoms with Crippen LogP contribution >= 0.6 is 28.7 Å². The van der Waals surface area contributed by atoms with Crippen LogP contribution < -0.4 is 0 Å². The first-order valence-electron chi connectivity index (χ1n) is 8.30. The van der Waals surface area contributed by atoms with Gasteiger partial charge in [-0.15, -0.1) is 17.0 Å². The van der Waals surface area contributed by atoms with Crippen LogP contribution in [0.5, 0.6) is 0 Å². The number of amidine groups is 1. The number of nitriles is 1. The third-order valence-corrected chi connectivity index (χ3v) is 5.62. The first-order valence-corrected chi connectivity index (χ1v) is 9.28. The summed E-state index contributed by atoms with van der Waals surface area (Å²) in [6.45, 7) is 2.14. The number of aliphatic imine (C=N–C) groups is 1. The zero-order chi connectivity index (χ0) is 15.2. The van der Waals surface area contributed by atoms with Gasteiger partial charge in [0, 0.05) is 24.9 Å². The Morgan fingerprint density at radius 1 is 1.13 bits per heavy atom. The fourth-order valence-electron chi connectivity index (χ4n) is 3.29. The van der Waals surface area contributed by atoms with E-state index in [1.807, 2.05) is 23.9 Å². The van der Waals surface area contributed by atoms with E-state index in [0.717, 1.165) is 17.9 Å². The van der Waals surface area contributed by atoms with Crippen LogP contribution in [0.25, 0.3) is 0 Å². The summed E-state index contributed by atoms with van der Waals surface area (Å²) in [5, 5.41) is 10.1. The normalized spacial score (nSPS) is 18.7. The van der Waals surface area contributed by atoms with E-state index in [2.05, 4.69) is 23.1 Å². The second-order valence-corrected chi connectivity index (χ2v) is 7.04. The first kappa shape index (κ1) is 18.4. The molecule has 1 saturated carbocycles. The molecule has 0 radical (unpaired) electrons. The molecule has 3 nitrogen and oxygen atoms in total. The minimum atomic E-state index is 0. The molecule has 1 aliphatic heterocycles. The zero-order valence-electron chi connectivity index (χ0n) is 13.4. The van der Waals surface area contributed by atoms with Gasteiger partial charge < -0.3 is 4.90 Å². The molecule has 0 spiro atoms. The number of rotatable bonds is 3. The summed E-state index contributed by atoms with van der Waals surface area (Å²) in [7, 11) is 0. The fourth-order valence-corrected chi connectivity index (χ4v) is 4.36. The van der Waals surface area contributed by atoms with Crippen molar-refractivity contribution in [1.82, 2.24) is 4.90 Å². The molecular formula is C18H24BrN3S. The highest BCUT2D eigenvalue weighted by Gasteiger charge is 2.25. The van der Waals surface area contributed by atoms with Gasteiger partial charge in [-0.2, -0.15) is 5.26 Å². The lowest BCUT2D eigenvalue weighted by Gasteiger charge is -2.38. The molecule has 0 aromatic heterocycles. The molecule has 1 fully saturated rings. The van der Waals surface area contributed by atoms with Crippen LogP contribution in [0.15, 0.2) is 29.3 Å². The van der Waals surface area contributed by atoms with Gasteiger partial charge in [-0.05, 0) is 37.0 Å². The summed E-state index contributed by atoms with van der Waals surface area (Å²) in [5.74, 6) is 0.938. The van der Waals surface area contributed by atoms with E-state index < -0.39 is 0 Å². The van der Waals surface area contributed by atoms with Gasteiger partial charge in [-0.3, -0.25) is 4.99 Å². The highest BCUT2D eigenvalue weighted by atomic mass is 79.9. The first-order chi connectivity index (χ1) is 10.9. The average Bonchev–Trinajstić information content (AvgIpc) is 2.61. The van der Waals surface area contributed by atoms with Crippen LogP contribution in [0.3, 0.4) is 0 Å². The Bertz CT molecular complexity index is 559. The third kappa shape index (κ3) is 4.99. The molecule has 1 aliphatic carbocycles. The van der Waals surface area contributed by atoms with Crippen molar-refractivity contribution in [3.8, 4) is 6.07 Å². The Morgan fingerprint density at radius 2 is 1.87 bits per heavy atom. The number of hydrogen-bond donors (Lipinski definition) is 0. The van der Waals surface area contributed by atoms with Crippen LogP contribution in [-0.4, -0.2) is 29.2 Å². The maximum Gasteiger partial charge on any atom is 0.159 e. The van der Waals surface area contributed by atoms with Gasteiger partial charge in [0.1, 0.15) is 0 Å². The molecule has 5 heteroatoms. The minimum absolute atomic E-state index is 0. The average molecular weight is 394 g/mol. The molecule has 1 aromatic rings. The summed E-state index contributed by atoms with van der Waals surface area (Å²) >= 11 is 1.86. The summed E-state index contributed by atoms with van der Waals surface area (Å²) in [6, 6.07) is 10.8. The highest BCUT2D eigenvalue weighted by Crippen LogP contribution is 2.28. The van der Waals surface area contributed by atoms with E-state index in [4.69, 9.17) is 10.3 Å². The van der Waals surface area contributed by atoms with Gasteiger partial charge >= 0.3 is 0 Å². The van der Waals surface area contributed by atoms with E-state index in [-0.39, 0.29) is 17.0 Å². The topological polar surface area (TPSA) is 39.4 Å². The van der Waals surface area contributed by atoms with Crippen LogP contribution in [0, 0.1) is 11.3 Å². The number of thioether (sulfide) groups is 1. The Morgan fingerprint density at radius 3 is 2.57 bits per heavy atom. The molecule has 0 saturated heterocycles. The molecule has 23 heavy (non-hydrogen) atoms. The molecule has 1 heterocycles. The van der Waals surface area contributed by atoms with Gasteiger partial charge in [-0.1, -0.05) is 43.2 Å². The van der Waals surface area contributed by atoms with Gasteiger partial charge in [0.25, 0.3) is 0 Å². The van der Waals surface area contributed by atoms with E-state index in [1.165, 1.54) is 55.8 Å². The van der Waals surface area contributed by atoms with Crippen molar-refractivity contribution in [3.63, 3.8) is 0 Å². The summed E-state index contributed by atoms with van der Waals surface area (Å²) in [5.41, 5.74) is 1.99. The smallest absolute Gasteiger partial charge is 0.159 e. The summed E-state index contributed by atoms with van der Waals surface area (Å²) in [6.07, 6.45) is 7.99. The van der Waals surface area contributed by atoms with Crippen molar-refractivity contribution >= 4 is 33.9 Å². The third-order valence-electron chi connectivity index (χ3n) is 4.52. The van der Waals surface area contributed by atoms with E-state index in [0.29, 0.717) is 6.04 Å². The molecule has 0 unspecified atom stereocenters. The monoisotopic (exact) mass is 393 g/mol. The maximum absolute atomic E-state index is 8.86. The molecule has 0 bridgehead atoms. The SMILES string of the molecule is Br.N#Cc1ccc(CSC2=NCCCN2C2CCCCC2)cc1. The minimum Gasteiger partial charge on any atom is -0.348 e. The predicted octanol–water partition coefficient (Wildman–Crippen LogP) is 4.76. The molecule has 1 aromatic carbocycles. The van der Waals surface area contributed by atoms with E-state index in [9.17, 15) is 0 Å². The largest absolute Gasteiger partial charge is 0.348 e. The Kier molecular flexibility index (Phi) is 7.45. The lowest BCUT2D eigenvalue weighted by molar-refractivity contribution is 0.239. The van der Waals surface area contributed by atoms with Crippen LogP contribution in [-0.2, 0) is 5.75 Å². The molecule has 0 atom stereocenters. The molecule has 0 amide bonds. The second kappa shape index (κ2) is 9.34. The van der Waals surface area contributed by atoms with E-state index >= 15 is 0 Å². The maximum atomic E-state index is 8.86. The zero-order valence-corrected chi connectivity index (χ0v) is 15.9. The molecular weight excluding hydrogens is 370 g/mol. The van der Waals surface area contributed by atoms with Crippen molar-refractivity contribution in [1.29, 1.82) is 5.26 Å². The Balaban J connectivity index is 0.00000192. The highest BCUT2D eigenvalue weighted by molar-refractivity contribution is 8.93. The Labute approximate surface area is 153 Å². The van der Waals surface area contributed by atoms with Crippen LogP contribution in [0.2, 0.25) is 0 Å². The van der Waals surface area contributed by atoms with Crippen molar-refractivity contribution in [3.05, 3.63) is 35.4 Å². The van der Waals surface area contributed by atoms with Crippen molar-refractivity contribution < 1.29 is 0 Å². The molecule has 2 aliphatic rings. The van der Waals surface area contributed by atoms with Gasteiger partial charge in [-0.25, -0.2) is 0 Å². The van der Waals surface area contributed by atoms with E-state index in [1.54, 1.807) is 0 Å². The van der Waals surface area contributed by atoms with Crippen LogP contribution in [0.4, 0.5) is 0 Å². The molecule has 0 N–H and O–H groups in total. The summed E-state index contributed by atoms with van der Waals surface area (Å²) < 4.78 is 0. The molecule has 124 valence electrons. The van der Waals surface area contributed by atoms with Gasteiger partial charge in [0.2, 0.25) is 0 Å². The second-order valence-electron chi connectivity index (χ2n) is 6.10. The number of benzene rings is 1.